The maximum Gasteiger partial charge on any atom is 0.311 e. The summed E-state index contributed by atoms with van der Waals surface area (Å²) in [4.78, 5) is 18.2. The van der Waals surface area contributed by atoms with Gasteiger partial charge in [-0.15, -0.1) is 11.3 Å². The Morgan fingerprint density at radius 1 is 1.00 bits per heavy atom. The monoisotopic (exact) mass is 627 g/mol. The van der Waals surface area contributed by atoms with Gasteiger partial charge in [-0.05, 0) is 48.0 Å². The SMILES string of the molecule is COc1ccc([C@H](Cc2c(Cl)c[nH+]cc2Cl)OC(=O)Cc2ccc(CCO[Si](C)(C)C(C)(C)C)s2)cc1OC.[OH-]. The van der Waals surface area contributed by atoms with Crippen LogP contribution in [0.3, 0.4) is 0 Å². The first-order valence-corrected chi connectivity index (χ1v) is 17.3. The summed E-state index contributed by atoms with van der Waals surface area (Å²) < 4.78 is 23.2. The quantitative estimate of drug-likeness (QED) is 0.154. The van der Waals surface area contributed by atoms with Gasteiger partial charge in [0.05, 0.1) is 20.6 Å². The smallest absolute Gasteiger partial charge is 0.311 e. The van der Waals surface area contributed by atoms with Crippen LogP contribution in [0, 0.1) is 0 Å². The van der Waals surface area contributed by atoms with Crippen molar-refractivity contribution in [1.29, 1.82) is 0 Å². The van der Waals surface area contributed by atoms with Gasteiger partial charge in [0.25, 0.3) is 0 Å². The number of nitrogens with one attached hydrogen (secondary N) is 1. The summed E-state index contributed by atoms with van der Waals surface area (Å²) in [5, 5.41) is 1.10. The largest absolute Gasteiger partial charge is 0.870 e. The van der Waals surface area contributed by atoms with Gasteiger partial charge >= 0.3 is 5.97 Å². The molecule has 0 unspecified atom stereocenters. The first-order chi connectivity index (χ1) is 18.3. The van der Waals surface area contributed by atoms with Crippen molar-refractivity contribution in [3.8, 4) is 11.5 Å². The molecule has 3 aromatic rings. The van der Waals surface area contributed by atoms with Crippen molar-refractivity contribution >= 4 is 48.8 Å². The lowest BCUT2D eigenvalue weighted by molar-refractivity contribution is -0.377. The molecule has 2 aromatic heterocycles. The Morgan fingerprint density at radius 2 is 1.62 bits per heavy atom. The minimum Gasteiger partial charge on any atom is -0.870 e. The number of hydrogen-bond donors (Lipinski definition) is 0. The normalized spacial score (nSPS) is 12.4. The molecule has 0 aliphatic carbocycles. The van der Waals surface area contributed by atoms with Crippen molar-refractivity contribution in [1.82, 2.24) is 0 Å². The highest BCUT2D eigenvalue weighted by Gasteiger charge is 2.36. The van der Waals surface area contributed by atoms with E-state index in [-0.39, 0.29) is 22.9 Å². The van der Waals surface area contributed by atoms with E-state index < -0.39 is 14.4 Å². The highest BCUT2D eigenvalue weighted by atomic mass is 35.5. The van der Waals surface area contributed by atoms with Crippen LogP contribution in [0.4, 0.5) is 0 Å². The van der Waals surface area contributed by atoms with Crippen molar-refractivity contribution in [2.75, 3.05) is 20.8 Å². The van der Waals surface area contributed by atoms with E-state index in [2.05, 4.69) is 44.9 Å². The minimum atomic E-state index is -1.79. The van der Waals surface area contributed by atoms with Crippen LogP contribution < -0.4 is 14.5 Å². The van der Waals surface area contributed by atoms with Crippen molar-refractivity contribution < 1.29 is 33.9 Å². The van der Waals surface area contributed by atoms with E-state index in [9.17, 15) is 4.79 Å². The molecule has 1 aromatic carbocycles. The Bertz CT molecular complexity index is 1260. The number of pyridine rings is 1. The van der Waals surface area contributed by atoms with Gasteiger partial charge in [-0.1, -0.05) is 50.0 Å². The summed E-state index contributed by atoms with van der Waals surface area (Å²) in [7, 11) is 1.35. The molecule has 40 heavy (non-hydrogen) atoms. The zero-order valence-corrected chi connectivity index (χ0v) is 27.4. The fourth-order valence-electron chi connectivity index (χ4n) is 3.75. The number of hydrogen-bond acceptors (Lipinski definition) is 7. The number of ether oxygens (including phenoxy) is 3. The van der Waals surface area contributed by atoms with Crippen LogP contribution in [0.2, 0.25) is 28.2 Å². The Labute approximate surface area is 252 Å². The fourth-order valence-corrected chi connectivity index (χ4v) is 6.32. The maximum absolute atomic E-state index is 13.1. The number of thiophene rings is 1. The molecule has 0 amide bonds. The Kier molecular flexibility index (Phi) is 12.5. The lowest BCUT2D eigenvalue weighted by atomic mass is 10.0. The molecule has 220 valence electrons. The standard InChI is InChI=1S/C29H37Cl2NO5SSi.H2O/c1-29(2,3)39(6,7)36-13-12-20-9-10-21(38-20)15-28(33)37-26(16-22-23(30)17-32-18-24(22)31)19-8-11-25(34-4)27(14-19)35-5;/h8-11,14,17-18,26H,12-13,15-16H2,1-7H3;1H2/t26-;/m0./s1. The zero-order valence-electron chi connectivity index (χ0n) is 24.1. The number of methoxy groups -OCH3 is 2. The highest BCUT2D eigenvalue weighted by Crippen LogP contribution is 2.37. The number of benzene rings is 1. The van der Waals surface area contributed by atoms with Gasteiger partial charge in [0.2, 0.25) is 0 Å². The van der Waals surface area contributed by atoms with Crippen LogP contribution in [0.15, 0.2) is 42.7 Å². The summed E-state index contributed by atoms with van der Waals surface area (Å²) in [6.45, 7) is 11.9. The molecule has 0 saturated heterocycles. The topological polar surface area (TPSA) is 98.1 Å². The molecule has 0 bridgehead atoms. The number of carbonyl (C=O) groups is 1. The van der Waals surface area contributed by atoms with E-state index >= 15 is 0 Å². The molecule has 0 saturated carbocycles. The fraction of sp³-hybridized carbons (Fsp3) is 0.448. The lowest BCUT2D eigenvalue weighted by Crippen LogP contribution is -2.41. The predicted molar refractivity (Wildman–Crippen MR) is 162 cm³/mol. The van der Waals surface area contributed by atoms with Gasteiger partial charge < -0.3 is 24.1 Å². The number of aromatic nitrogens is 1. The molecule has 7 nitrogen and oxygen atoms in total. The van der Waals surface area contributed by atoms with E-state index in [0.29, 0.717) is 40.1 Å². The second-order valence-electron chi connectivity index (χ2n) is 10.8. The molecule has 2 heterocycles. The lowest BCUT2D eigenvalue weighted by Gasteiger charge is -2.36. The summed E-state index contributed by atoms with van der Waals surface area (Å²) in [5.74, 6) is 0.785. The maximum atomic E-state index is 13.1. The molecular formula is C29H39Cl2NO6SSi. The van der Waals surface area contributed by atoms with Gasteiger partial charge in [0.15, 0.2) is 32.2 Å². The average molecular weight is 629 g/mol. The van der Waals surface area contributed by atoms with Crippen LogP contribution in [0.25, 0.3) is 0 Å². The number of aromatic amines is 1. The number of H-pyrrole nitrogens is 1. The van der Waals surface area contributed by atoms with Crippen LogP contribution in [0.1, 0.15) is 47.8 Å². The Morgan fingerprint density at radius 3 is 2.23 bits per heavy atom. The first kappa shape index (κ1) is 34.1. The van der Waals surface area contributed by atoms with E-state index in [4.69, 9.17) is 41.8 Å². The Balaban J connectivity index is 0.00000560. The Hall–Kier alpha value is -2.14. The van der Waals surface area contributed by atoms with Gasteiger partial charge in [-0.25, -0.2) is 4.98 Å². The van der Waals surface area contributed by atoms with Crippen LogP contribution in [-0.4, -0.2) is 40.6 Å². The molecule has 11 heteroatoms. The van der Waals surface area contributed by atoms with Crippen LogP contribution in [0.5, 0.6) is 11.5 Å². The van der Waals surface area contributed by atoms with Crippen molar-refractivity contribution in [3.63, 3.8) is 0 Å². The third kappa shape index (κ3) is 8.93. The second-order valence-corrected chi connectivity index (χ2v) is 17.7. The zero-order chi connectivity index (χ0) is 28.8. The summed E-state index contributed by atoms with van der Waals surface area (Å²) in [6, 6.07) is 9.49. The van der Waals surface area contributed by atoms with Crippen LogP contribution in [-0.2, 0) is 33.2 Å². The highest BCUT2D eigenvalue weighted by molar-refractivity contribution is 7.12. The molecule has 0 radical (unpaired) electrons. The first-order valence-electron chi connectivity index (χ1n) is 12.8. The number of carbonyl (C=O) groups excluding carboxylic acids is 1. The van der Waals surface area contributed by atoms with E-state index in [1.165, 1.54) is 4.88 Å². The second kappa shape index (κ2) is 14.7. The molecule has 0 aliphatic heterocycles. The predicted octanol–water partition coefficient (Wildman–Crippen LogP) is 7.34. The van der Waals surface area contributed by atoms with E-state index in [1.807, 2.05) is 12.1 Å². The molecule has 0 fully saturated rings. The summed E-state index contributed by atoms with van der Waals surface area (Å²) in [5.41, 5.74) is 1.43. The molecular weight excluding hydrogens is 589 g/mol. The van der Waals surface area contributed by atoms with Gasteiger partial charge in [0.1, 0.15) is 16.1 Å². The van der Waals surface area contributed by atoms with Crippen molar-refractivity contribution in [2.45, 2.75) is 64.3 Å². The number of esters is 1. The van der Waals surface area contributed by atoms with Crippen molar-refractivity contribution in [3.05, 3.63) is 73.7 Å². The van der Waals surface area contributed by atoms with Gasteiger partial charge in [0, 0.05) is 34.8 Å². The third-order valence-corrected chi connectivity index (χ3v) is 13.5. The molecule has 0 spiro atoms. The molecule has 0 aliphatic rings. The molecule has 2 N–H and O–H groups in total. The van der Waals surface area contributed by atoms with Crippen molar-refractivity contribution in [2.24, 2.45) is 0 Å². The number of halogens is 2. The third-order valence-electron chi connectivity index (χ3n) is 7.09. The van der Waals surface area contributed by atoms with Gasteiger partial charge in [-0.3, -0.25) is 4.79 Å². The van der Waals surface area contributed by atoms with E-state index in [0.717, 1.165) is 16.9 Å². The van der Waals surface area contributed by atoms with Crippen LogP contribution >= 0.6 is 34.5 Å². The summed E-state index contributed by atoms with van der Waals surface area (Å²) >= 11 is 14.5. The summed E-state index contributed by atoms with van der Waals surface area (Å²) in [6.07, 6.45) is 3.96. The average Bonchev–Trinajstić information content (AvgIpc) is 3.31. The molecule has 1 atom stereocenters. The van der Waals surface area contributed by atoms with Gasteiger partial charge in [-0.2, -0.15) is 0 Å². The molecule has 3 rings (SSSR count). The van der Waals surface area contributed by atoms with E-state index in [1.54, 1.807) is 50.1 Å². The minimum absolute atomic E-state index is 0. The number of rotatable bonds is 12.